The number of nitrogens with zero attached hydrogens (tertiary/aromatic N) is 1. The second kappa shape index (κ2) is 9.10. The van der Waals surface area contributed by atoms with E-state index in [1.807, 2.05) is 6.07 Å². The molecule has 2 aromatic rings. The lowest BCUT2D eigenvalue weighted by Gasteiger charge is -2.18. The van der Waals surface area contributed by atoms with Crippen LogP contribution in [0.15, 0.2) is 48.5 Å². The smallest absolute Gasteiger partial charge is 0.416 e. The van der Waals surface area contributed by atoms with Crippen molar-refractivity contribution in [1.82, 2.24) is 0 Å². The van der Waals surface area contributed by atoms with E-state index in [1.54, 1.807) is 0 Å². The average molecular weight is 406 g/mol. The van der Waals surface area contributed by atoms with Gasteiger partial charge in [0.2, 0.25) is 0 Å². The summed E-state index contributed by atoms with van der Waals surface area (Å²) in [6, 6.07) is 11.9. The normalized spacial score (nSPS) is 13.0. The Kier molecular flexibility index (Phi) is 6.83. The van der Waals surface area contributed by atoms with Crippen LogP contribution >= 0.6 is 0 Å². The van der Waals surface area contributed by atoms with Gasteiger partial charge in [-0.3, -0.25) is 4.79 Å². The van der Waals surface area contributed by atoms with Crippen molar-refractivity contribution in [2.24, 2.45) is 0 Å². The van der Waals surface area contributed by atoms with Gasteiger partial charge in [0.25, 0.3) is 5.91 Å². The molecule has 0 aromatic heterocycles. The molecule has 0 bridgehead atoms. The van der Waals surface area contributed by atoms with Gasteiger partial charge in [-0.25, -0.2) is 4.79 Å². The van der Waals surface area contributed by atoms with Crippen molar-refractivity contribution < 1.29 is 32.2 Å². The van der Waals surface area contributed by atoms with Gasteiger partial charge in [-0.05, 0) is 62.4 Å². The van der Waals surface area contributed by atoms with Gasteiger partial charge >= 0.3 is 12.1 Å². The molecule has 0 radical (unpaired) electrons. The number of halogens is 3. The minimum Gasteiger partial charge on any atom is -0.479 e. The number of nitrogens with one attached hydrogen (secondary N) is 1. The molecule has 0 aliphatic heterocycles. The quantitative estimate of drug-likeness (QED) is 0.735. The Morgan fingerprint density at radius 2 is 1.59 bits per heavy atom. The van der Waals surface area contributed by atoms with Crippen LogP contribution in [-0.4, -0.2) is 24.1 Å². The number of alkyl halides is 3. The van der Waals surface area contributed by atoms with Crippen LogP contribution in [0.4, 0.5) is 18.9 Å². The van der Waals surface area contributed by atoms with E-state index in [4.69, 9.17) is 14.7 Å². The summed E-state index contributed by atoms with van der Waals surface area (Å²) in [6.07, 6.45) is -6.70. The summed E-state index contributed by atoms with van der Waals surface area (Å²) in [5.74, 6) is -1.16. The summed E-state index contributed by atoms with van der Waals surface area (Å²) >= 11 is 0. The van der Waals surface area contributed by atoms with Crippen molar-refractivity contribution in [1.29, 1.82) is 5.26 Å². The summed E-state index contributed by atoms with van der Waals surface area (Å²) in [5, 5.41) is 11.1. The van der Waals surface area contributed by atoms with E-state index >= 15 is 0 Å². The van der Waals surface area contributed by atoms with Gasteiger partial charge in [0.15, 0.2) is 12.2 Å². The minimum absolute atomic E-state index is 0.132. The third kappa shape index (κ3) is 6.24. The Balaban J connectivity index is 1.89. The number of hydrogen-bond acceptors (Lipinski definition) is 5. The lowest BCUT2D eigenvalue weighted by Crippen LogP contribution is -2.35. The van der Waals surface area contributed by atoms with Crippen LogP contribution in [0.1, 0.15) is 25.0 Å². The molecule has 0 aliphatic carbocycles. The molecule has 6 nitrogen and oxygen atoms in total. The van der Waals surface area contributed by atoms with Gasteiger partial charge in [-0.1, -0.05) is 0 Å². The lowest BCUT2D eigenvalue weighted by atomic mass is 10.2. The van der Waals surface area contributed by atoms with Crippen LogP contribution in [0.5, 0.6) is 5.75 Å². The lowest BCUT2D eigenvalue weighted by molar-refractivity contribution is -0.159. The van der Waals surface area contributed by atoms with Gasteiger partial charge in [0, 0.05) is 5.69 Å². The highest BCUT2D eigenvalue weighted by Crippen LogP contribution is 2.29. The fourth-order valence-corrected chi connectivity index (χ4v) is 2.17. The molecule has 0 aliphatic rings. The van der Waals surface area contributed by atoms with Crippen molar-refractivity contribution in [3.8, 4) is 11.8 Å². The van der Waals surface area contributed by atoms with Crippen molar-refractivity contribution in [2.75, 3.05) is 5.32 Å². The number of nitriles is 1. The van der Waals surface area contributed by atoms with Gasteiger partial charge in [0.05, 0.1) is 17.2 Å². The molecule has 1 amide bonds. The van der Waals surface area contributed by atoms with Crippen molar-refractivity contribution in [3.05, 3.63) is 59.7 Å². The summed E-state index contributed by atoms with van der Waals surface area (Å²) < 4.78 is 48.1. The van der Waals surface area contributed by atoms with Crippen molar-refractivity contribution in [3.63, 3.8) is 0 Å². The van der Waals surface area contributed by atoms with Gasteiger partial charge in [0.1, 0.15) is 5.75 Å². The largest absolute Gasteiger partial charge is 0.479 e. The highest BCUT2D eigenvalue weighted by atomic mass is 19.4. The molecule has 29 heavy (non-hydrogen) atoms. The highest BCUT2D eigenvalue weighted by molar-refractivity contribution is 5.95. The first kappa shape index (κ1) is 21.8. The fraction of sp³-hybridized carbons (Fsp3) is 0.250. The number of anilines is 1. The summed E-state index contributed by atoms with van der Waals surface area (Å²) in [4.78, 5) is 24.2. The van der Waals surface area contributed by atoms with E-state index in [2.05, 4.69) is 5.32 Å². The van der Waals surface area contributed by atoms with Crippen LogP contribution in [0.2, 0.25) is 0 Å². The maximum Gasteiger partial charge on any atom is 0.416 e. The molecule has 1 N–H and O–H groups in total. The topological polar surface area (TPSA) is 88.4 Å². The van der Waals surface area contributed by atoms with E-state index in [0.717, 1.165) is 24.3 Å². The molecule has 0 saturated carbocycles. The molecule has 2 aromatic carbocycles. The number of esters is 1. The maximum atomic E-state index is 12.6. The zero-order valence-electron chi connectivity index (χ0n) is 15.5. The first-order valence-corrected chi connectivity index (χ1v) is 8.45. The second-order valence-electron chi connectivity index (χ2n) is 6.04. The van der Waals surface area contributed by atoms with Crippen LogP contribution in [0.3, 0.4) is 0 Å². The first-order valence-electron chi connectivity index (χ1n) is 8.45. The van der Waals surface area contributed by atoms with Crippen LogP contribution in [0, 0.1) is 11.3 Å². The SMILES string of the molecule is C[C@H](OC(=O)[C@@H](C)Oc1ccc(C#N)cc1)C(=O)Nc1ccc(C(F)(F)F)cc1. The fourth-order valence-electron chi connectivity index (χ4n) is 2.17. The van der Waals surface area contributed by atoms with E-state index in [0.29, 0.717) is 11.3 Å². The Morgan fingerprint density at radius 1 is 1.00 bits per heavy atom. The van der Waals surface area contributed by atoms with Crippen LogP contribution < -0.4 is 10.1 Å². The Labute approximate surface area is 164 Å². The molecule has 0 saturated heterocycles. The van der Waals surface area contributed by atoms with Gasteiger partial charge in [-0.2, -0.15) is 18.4 Å². The highest BCUT2D eigenvalue weighted by Gasteiger charge is 2.30. The van der Waals surface area contributed by atoms with Crippen molar-refractivity contribution in [2.45, 2.75) is 32.2 Å². The van der Waals surface area contributed by atoms with E-state index in [1.165, 1.54) is 38.1 Å². The van der Waals surface area contributed by atoms with E-state index in [9.17, 15) is 22.8 Å². The summed E-state index contributed by atoms with van der Waals surface area (Å²) in [7, 11) is 0. The van der Waals surface area contributed by atoms with Gasteiger partial charge < -0.3 is 14.8 Å². The number of carbonyl (C=O) groups excluding carboxylic acids is 2. The molecule has 2 rings (SSSR count). The molecule has 0 heterocycles. The number of ether oxygens (including phenoxy) is 2. The predicted octanol–water partition coefficient (Wildman–Crippen LogP) is 3.91. The van der Waals surface area contributed by atoms with Crippen LogP contribution in [0.25, 0.3) is 0 Å². The maximum absolute atomic E-state index is 12.6. The molecule has 0 unspecified atom stereocenters. The zero-order valence-corrected chi connectivity index (χ0v) is 15.5. The summed E-state index contributed by atoms with van der Waals surface area (Å²) in [5.41, 5.74) is -0.280. The van der Waals surface area contributed by atoms with Crippen molar-refractivity contribution >= 4 is 17.6 Å². The Bertz CT molecular complexity index is 903. The number of amides is 1. The number of carbonyl (C=O) groups is 2. The molecule has 0 fully saturated rings. The standard InChI is InChI=1S/C20H17F3N2O4/c1-12(18(26)25-16-7-5-15(6-8-16)20(21,22)23)29-19(27)13(2)28-17-9-3-14(11-24)4-10-17/h3-10,12-13H,1-2H3,(H,25,26)/t12-,13+/m0/s1. The number of rotatable bonds is 6. The van der Waals surface area contributed by atoms with E-state index in [-0.39, 0.29) is 5.69 Å². The number of benzene rings is 2. The molecule has 2 atom stereocenters. The molecule has 0 spiro atoms. The van der Waals surface area contributed by atoms with Crippen LogP contribution in [-0.2, 0) is 20.5 Å². The molecule has 152 valence electrons. The second-order valence-corrected chi connectivity index (χ2v) is 6.04. The summed E-state index contributed by atoms with van der Waals surface area (Å²) in [6.45, 7) is 2.76. The predicted molar refractivity (Wildman–Crippen MR) is 96.9 cm³/mol. The third-order valence-corrected chi connectivity index (χ3v) is 3.77. The zero-order chi connectivity index (χ0) is 21.6. The molecular weight excluding hydrogens is 389 g/mol. The third-order valence-electron chi connectivity index (χ3n) is 3.77. The monoisotopic (exact) mass is 406 g/mol. The molecular formula is C20H17F3N2O4. The number of hydrogen-bond donors (Lipinski definition) is 1. The molecule has 9 heteroatoms. The Morgan fingerprint density at radius 3 is 2.10 bits per heavy atom. The average Bonchev–Trinajstić information content (AvgIpc) is 2.68. The van der Waals surface area contributed by atoms with E-state index < -0.39 is 35.8 Å². The van der Waals surface area contributed by atoms with Gasteiger partial charge in [-0.15, -0.1) is 0 Å². The minimum atomic E-state index is -4.48. The first-order chi connectivity index (χ1) is 13.6. The Hall–Kier alpha value is -3.54.